The molecule has 2 heterocycles. The molecule has 0 atom stereocenters. The highest BCUT2D eigenvalue weighted by atomic mass is 32.2. The predicted molar refractivity (Wildman–Crippen MR) is 102 cm³/mol. The van der Waals surface area contributed by atoms with Crippen molar-refractivity contribution in [3.8, 4) is 0 Å². The van der Waals surface area contributed by atoms with Crippen molar-refractivity contribution < 1.29 is 17.9 Å². The number of ether oxygens (including phenoxy) is 1. The Morgan fingerprint density at radius 3 is 2.41 bits per heavy atom. The Bertz CT molecular complexity index is 980. The molecule has 0 saturated carbocycles. The Balaban J connectivity index is 2.31. The number of anilines is 1. The Hall–Kier alpha value is -2.60. The molecule has 12 heteroatoms. The molecule has 27 heavy (non-hydrogen) atoms. The number of nitrogens with one attached hydrogen (secondary N) is 2. The summed E-state index contributed by atoms with van der Waals surface area (Å²) in [4.78, 5) is 20.4. The number of aryl methyl sites for hydroxylation is 4. The van der Waals surface area contributed by atoms with Crippen molar-refractivity contribution in [1.82, 2.24) is 24.5 Å². The molecule has 0 radical (unpaired) electrons. The fraction of sp³-hybridized carbons (Fsp3) is 0.400. The van der Waals surface area contributed by atoms with Gasteiger partial charge in [-0.15, -0.1) is 0 Å². The molecule has 0 fully saturated rings. The predicted octanol–water partition coefficient (Wildman–Crippen LogP) is 0.987. The maximum atomic E-state index is 12.8. The molecule has 0 aliphatic carbocycles. The molecule has 146 valence electrons. The van der Waals surface area contributed by atoms with Crippen LogP contribution in [-0.4, -0.2) is 45.9 Å². The van der Waals surface area contributed by atoms with E-state index in [2.05, 4.69) is 25.1 Å². The second-order valence-corrected chi connectivity index (χ2v) is 7.65. The first-order chi connectivity index (χ1) is 12.5. The standard InChI is InChI=1S/C15H20N6O4S2/c1-6-25-13(22)11-10(4)19-21(5)12(11)27(23,24)20-15(26)18-14-16-8(2)7-9(3)17-14/h7H,6H2,1-5H3,(H2,16,17,18,20,26). The molecule has 10 nitrogen and oxygen atoms in total. The fourth-order valence-electron chi connectivity index (χ4n) is 2.46. The molecule has 0 bridgehead atoms. The molecular formula is C15H20N6O4S2. The van der Waals surface area contributed by atoms with Crippen molar-refractivity contribution in [3.05, 3.63) is 28.7 Å². The van der Waals surface area contributed by atoms with E-state index >= 15 is 0 Å². The molecule has 0 unspecified atom stereocenters. The maximum Gasteiger partial charge on any atom is 0.343 e. The van der Waals surface area contributed by atoms with Gasteiger partial charge >= 0.3 is 5.97 Å². The van der Waals surface area contributed by atoms with Crippen molar-refractivity contribution in [1.29, 1.82) is 0 Å². The van der Waals surface area contributed by atoms with E-state index in [1.807, 2.05) is 0 Å². The van der Waals surface area contributed by atoms with Gasteiger partial charge < -0.3 is 10.1 Å². The number of carbonyl (C=O) groups excluding carboxylic acids is 1. The van der Waals surface area contributed by atoms with E-state index in [0.29, 0.717) is 11.4 Å². The number of hydrogen-bond acceptors (Lipinski definition) is 8. The van der Waals surface area contributed by atoms with Gasteiger partial charge in [0.25, 0.3) is 10.0 Å². The number of esters is 1. The van der Waals surface area contributed by atoms with Crippen molar-refractivity contribution in [2.45, 2.75) is 32.7 Å². The minimum absolute atomic E-state index is 0.101. The molecule has 0 amide bonds. The molecule has 0 aliphatic heterocycles. The van der Waals surface area contributed by atoms with Crippen molar-refractivity contribution in [2.24, 2.45) is 7.05 Å². The van der Waals surface area contributed by atoms with E-state index in [-0.39, 0.29) is 34.0 Å². The first kappa shape index (κ1) is 20.7. The number of thiocarbonyl (C=S) groups is 1. The summed E-state index contributed by atoms with van der Waals surface area (Å²) in [7, 11) is -2.80. The van der Waals surface area contributed by atoms with Crippen LogP contribution in [0.15, 0.2) is 11.1 Å². The third kappa shape index (κ3) is 4.77. The van der Waals surface area contributed by atoms with Gasteiger partial charge in [0, 0.05) is 18.4 Å². The Morgan fingerprint density at radius 2 is 1.85 bits per heavy atom. The van der Waals surface area contributed by atoms with Crippen LogP contribution in [-0.2, 0) is 21.8 Å². The van der Waals surface area contributed by atoms with Crippen molar-refractivity contribution >= 4 is 39.3 Å². The van der Waals surface area contributed by atoms with Gasteiger partial charge in [-0.3, -0.25) is 9.40 Å². The number of sulfonamides is 1. The molecule has 0 spiro atoms. The van der Waals surface area contributed by atoms with Gasteiger partial charge in [0.1, 0.15) is 5.56 Å². The zero-order valence-electron chi connectivity index (χ0n) is 15.5. The fourth-order valence-corrected chi connectivity index (χ4v) is 4.16. The largest absolute Gasteiger partial charge is 0.462 e. The minimum atomic E-state index is -4.21. The summed E-state index contributed by atoms with van der Waals surface area (Å²) >= 11 is 5.05. The average Bonchev–Trinajstić information content (AvgIpc) is 2.80. The number of hydrogen-bond donors (Lipinski definition) is 2. The molecule has 2 N–H and O–H groups in total. The summed E-state index contributed by atoms with van der Waals surface area (Å²) in [5.41, 5.74) is 1.48. The number of nitrogens with zero attached hydrogens (tertiary/aromatic N) is 4. The number of carbonyl (C=O) groups is 1. The van der Waals surface area contributed by atoms with Crippen molar-refractivity contribution in [2.75, 3.05) is 11.9 Å². The van der Waals surface area contributed by atoms with E-state index in [1.54, 1.807) is 26.8 Å². The van der Waals surface area contributed by atoms with E-state index in [4.69, 9.17) is 17.0 Å². The molecule has 2 aromatic rings. The Labute approximate surface area is 162 Å². The molecule has 2 rings (SSSR count). The highest BCUT2D eigenvalue weighted by molar-refractivity contribution is 7.92. The van der Waals surface area contributed by atoms with Crippen LogP contribution in [0.5, 0.6) is 0 Å². The zero-order valence-corrected chi connectivity index (χ0v) is 17.2. The van der Waals surface area contributed by atoms with Gasteiger partial charge in [-0.1, -0.05) is 0 Å². The Morgan fingerprint density at radius 1 is 1.26 bits per heavy atom. The van der Waals surface area contributed by atoms with E-state index in [9.17, 15) is 13.2 Å². The van der Waals surface area contributed by atoms with Crippen LogP contribution in [0, 0.1) is 20.8 Å². The minimum Gasteiger partial charge on any atom is -0.462 e. The third-order valence-corrected chi connectivity index (χ3v) is 5.12. The van der Waals surface area contributed by atoms with Crippen LogP contribution in [0.4, 0.5) is 5.95 Å². The summed E-state index contributed by atoms with van der Waals surface area (Å²) in [6.07, 6.45) is 0. The van der Waals surface area contributed by atoms with Gasteiger partial charge in [0.2, 0.25) is 5.95 Å². The highest BCUT2D eigenvalue weighted by Crippen LogP contribution is 2.20. The van der Waals surface area contributed by atoms with Gasteiger partial charge in [-0.2, -0.15) is 13.5 Å². The lowest BCUT2D eigenvalue weighted by molar-refractivity contribution is 0.0520. The lowest BCUT2D eigenvalue weighted by Gasteiger charge is -2.12. The second-order valence-electron chi connectivity index (χ2n) is 5.64. The smallest absolute Gasteiger partial charge is 0.343 e. The SMILES string of the molecule is CCOC(=O)c1c(C)nn(C)c1S(=O)(=O)NC(=S)Nc1nc(C)cc(C)n1. The Kier molecular flexibility index (Phi) is 6.11. The van der Waals surface area contributed by atoms with Crippen LogP contribution < -0.4 is 10.0 Å². The van der Waals surface area contributed by atoms with Gasteiger partial charge in [-0.25, -0.2) is 14.8 Å². The normalized spacial score (nSPS) is 11.1. The molecule has 2 aromatic heterocycles. The topological polar surface area (TPSA) is 128 Å². The summed E-state index contributed by atoms with van der Waals surface area (Å²) in [5.74, 6) is -0.619. The van der Waals surface area contributed by atoms with Crippen LogP contribution in [0.1, 0.15) is 34.4 Å². The highest BCUT2D eigenvalue weighted by Gasteiger charge is 2.31. The van der Waals surface area contributed by atoms with E-state index in [1.165, 1.54) is 14.0 Å². The average molecular weight is 412 g/mol. The summed E-state index contributed by atoms with van der Waals surface area (Å²) < 4.78 is 33.8. The van der Waals surface area contributed by atoms with E-state index < -0.39 is 16.0 Å². The zero-order chi connectivity index (χ0) is 20.4. The van der Waals surface area contributed by atoms with Crippen LogP contribution in [0.25, 0.3) is 0 Å². The van der Waals surface area contributed by atoms with Gasteiger partial charge in [-0.05, 0) is 46.0 Å². The summed E-state index contributed by atoms with van der Waals surface area (Å²) in [6.45, 7) is 6.79. The van der Waals surface area contributed by atoms with Crippen LogP contribution in [0.2, 0.25) is 0 Å². The lowest BCUT2D eigenvalue weighted by atomic mass is 10.3. The summed E-state index contributed by atoms with van der Waals surface area (Å²) in [5, 5.41) is 6.04. The maximum absolute atomic E-state index is 12.8. The molecule has 0 aromatic carbocycles. The molecular weight excluding hydrogens is 392 g/mol. The van der Waals surface area contributed by atoms with Gasteiger partial charge in [0.15, 0.2) is 10.1 Å². The number of rotatable bonds is 5. The molecule has 0 saturated heterocycles. The van der Waals surface area contributed by atoms with Gasteiger partial charge in [0.05, 0.1) is 12.3 Å². The second kappa shape index (κ2) is 7.96. The number of aromatic nitrogens is 4. The van der Waals surface area contributed by atoms with Crippen LogP contribution >= 0.6 is 12.2 Å². The third-order valence-electron chi connectivity index (χ3n) is 3.34. The lowest BCUT2D eigenvalue weighted by Crippen LogP contribution is -2.36. The first-order valence-corrected chi connectivity index (χ1v) is 9.81. The van der Waals surface area contributed by atoms with Crippen molar-refractivity contribution in [3.63, 3.8) is 0 Å². The quantitative estimate of drug-likeness (QED) is 0.545. The molecule has 0 aliphatic rings. The van der Waals surface area contributed by atoms with E-state index in [0.717, 1.165) is 4.68 Å². The van der Waals surface area contributed by atoms with Crippen LogP contribution in [0.3, 0.4) is 0 Å². The summed E-state index contributed by atoms with van der Waals surface area (Å²) in [6, 6.07) is 1.77. The first-order valence-electron chi connectivity index (χ1n) is 7.92. The monoisotopic (exact) mass is 412 g/mol.